The number of nitro groups is 1. The first-order valence-corrected chi connectivity index (χ1v) is 6.93. The molecule has 108 valence electrons. The summed E-state index contributed by atoms with van der Waals surface area (Å²) in [6.45, 7) is 2.82. The van der Waals surface area contributed by atoms with Crippen molar-refractivity contribution in [3.63, 3.8) is 0 Å². The maximum absolute atomic E-state index is 11.0. The minimum Gasteiger partial charge on any atom is -0.393 e. The minimum atomic E-state index is -0.430. The molecule has 21 heavy (non-hydrogen) atoms. The van der Waals surface area contributed by atoms with E-state index in [0.717, 1.165) is 12.0 Å². The van der Waals surface area contributed by atoms with Gasteiger partial charge >= 0.3 is 0 Å². The van der Waals surface area contributed by atoms with Crippen LogP contribution in [0.5, 0.6) is 0 Å². The van der Waals surface area contributed by atoms with E-state index in [1.54, 1.807) is 12.1 Å². The molecular formula is C16H17N3O2. The molecule has 0 radical (unpaired) electrons. The highest BCUT2D eigenvalue weighted by molar-refractivity contribution is 5.62. The molecule has 2 aromatic carbocycles. The van der Waals surface area contributed by atoms with Crippen molar-refractivity contribution in [2.75, 3.05) is 10.6 Å². The van der Waals surface area contributed by atoms with Gasteiger partial charge in [-0.3, -0.25) is 10.1 Å². The lowest BCUT2D eigenvalue weighted by Gasteiger charge is -2.25. The lowest BCUT2D eigenvalue weighted by molar-refractivity contribution is -0.384. The topological polar surface area (TPSA) is 72.4 Å². The molecule has 0 spiro atoms. The Morgan fingerprint density at radius 3 is 2.86 bits per heavy atom. The fourth-order valence-electron chi connectivity index (χ4n) is 2.91. The van der Waals surface area contributed by atoms with Gasteiger partial charge in [-0.15, -0.1) is 0 Å². The summed E-state index contributed by atoms with van der Waals surface area (Å²) < 4.78 is 0. The van der Waals surface area contributed by atoms with Gasteiger partial charge in [0.2, 0.25) is 0 Å². The largest absolute Gasteiger partial charge is 0.393 e. The fraction of sp³-hybridized carbons (Fsp3) is 0.250. The van der Waals surface area contributed by atoms with E-state index in [1.165, 1.54) is 11.3 Å². The third-order valence-corrected chi connectivity index (χ3v) is 3.99. The van der Waals surface area contributed by atoms with Crippen molar-refractivity contribution >= 4 is 17.1 Å². The van der Waals surface area contributed by atoms with Crippen LogP contribution in [0.15, 0.2) is 42.5 Å². The second kappa shape index (κ2) is 5.09. The van der Waals surface area contributed by atoms with Crippen molar-refractivity contribution in [3.8, 4) is 0 Å². The van der Waals surface area contributed by atoms with Crippen molar-refractivity contribution in [1.29, 1.82) is 0 Å². The average molecular weight is 283 g/mol. The molecule has 3 rings (SSSR count). The Labute approximate surface area is 123 Å². The number of benzene rings is 2. The van der Waals surface area contributed by atoms with Gasteiger partial charge in [-0.25, -0.2) is 0 Å². The second-order valence-electron chi connectivity index (χ2n) is 5.46. The normalized spacial score (nSPS) is 16.8. The number of nitrogens with two attached hydrogens (primary N) is 1. The van der Waals surface area contributed by atoms with Crippen LogP contribution in [0.1, 0.15) is 18.1 Å². The average Bonchev–Trinajstić information content (AvgIpc) is 2.77. The molecule has 2 N–H and O–H groups in total. The first-order valence-electron chi connectivity index (χ1n) is 6.93. The van der Waals surface area contributed by atoms with Crippen molar-refractivity contribution in [2.24, 2.45) is 0 Å². The number of fused-ring (bicyclic) bond motifs is 1. The molecule has 1 aliphatic heterocycles. The van der Waals surface area contributed by atoms with Gasteiger partial charge in [0.25, 0.3) is 5.69 Å². The Balaban J connectivity index is 1.91. The van der Waals surface area contributed by atoms with E-state index in [9.17, 15) is 10.1 Å². The minimum absolute atomic E-state index is 0.0207. The van der Waals surface area contributed by atoms with Gasteiger partial charge in [0.1, 0.15) is 5.69 Å². The zero-order valence-corrected chi connectivity index (χ0v) is 11.8. The number of hydrogen-bond donors (Lipinski definition) is 1. The summed E-state index contributed by atoms with van der Waals surface area (Å²) in [7, 11) is 0. The second-order valence-corrected chi connectivity index (χ2v) is 5.46. The number of nitrogen functional groups attached to an aromatic ring is 1. The molecule has 0 aromatic heterocycles. The van der Waals surface area contributed by atoms with Gasteiger partial charge in [-0.2, -0.15) is 0 Å². The number of hydrogen-bond acceptors (Lipinski definition) is 4. The smallest absolute Gasteiger partial charge is 0.292 e. The van der Waals surface area contributed by atoms with E-state index in [-0.39, 0.29) is 11.4 Å². The fourth-order valence-corrected chi connectivity index (χ4v) is 2.91. The van der Waals surface area contributed by atoms with Crippen molar-refractivity contribution < 1.29 is 4.92 Å². The van der Waals surface area contributed by atoms with Crippen LogP contribution >= 0.6 is 0 Å². The predicted octanol–water partition coefficient (Wildman–Crippen LogP) is 3.13. The molecule has 1 unspecified atom stereocenters. The van der Waals surface area contributed by atoms with Crippen LogP contribution in [0, 0.1) is 10.1 Å². The predicted molar refractivity (Wildman–Crippen MR) is 83.3 cm³/mol. The standard InChI is InChI=1S/C16H17N3O2/c1-11-8-13-4-2-3-5-15(13)18(11)10-12-6-7-14(17)16(9-12)19(20)21/h2-7,9,11H,8,10,17H2,1H3. The lowest BCUT2D eigenvalue weighted by atomic mass is 10.1. The summed E-state index contributed by atoms with van der Waals surface area (Å²) in [6, 6.07) is 13.7. The SMILES string of the molecule is CC1Cc2ccccc2N1Cc1ccc(N)c([N+](=O)[O-])c1. The van der Waals surface area contributed by atoms with Crippen molar-refractivity contribution in [1.82, 2.24) is 0 Å². The molecule has 1 atom stereocenters. The van der Waals surface area contributed by atoms with Crippen LogP contribution in [-0.2, 0) is 13.0 Å². The van der Waals surface area contributed by atoms with Crippen LogP contribution in [0.4, 0.5) is 17.1 Å². The molecule has 1 aliphatic rings. The van der Waals surface area contributed by atoms with Gasteiger partial charge in [0.15, 0.2) is 0 Å². The van der Waals surface area contributed by atoms with E-state index in [2.05, 4.69) is 24.0 Å². The Kier molecular flexibility index (Phi) is 3.25. The summed E-state index contributed by atoms with van der Waals surface area (Å²) in [4.78, 5) is 12.8. The summed E-state index contributed by atoms with van der Waals surface area (Å²) in [5.41, 5.74) is 9.28. The van der Waals surface area contributed by atoms with E-state index in [1.807, 2.05) is 18.2 Å². The first kappa shape index (κ1) is 13.4. The molecule has 1 heterocycles. The maximum atomic E-state index is 11.0. The number of nitro benzene ring substituents is 1. The summed E-state index contributed by atoms with van der Waals surface area (Å²) in [6.07, 6.45) is 1.01. The van der Waals surface area contributed by atoms with Gasteiger partial charge in [-0.05, 0) is 36.6 Å². The molecule has 0 saturated carbocycles. The Morgan fingerprint density at radius 2 is 2.10 bits per heavy atom. The van der Waals surface area contributed by atoms with E-state index in [4.69, 9.17) is 5.73 Å². The highest BCUT2D eigenvalue weighted by Crippen LogP contribution is 2.33. The van der Waals surface area contributed by atoms with Crippen molar-refractivity contribution in [2.45, 2.75) is 25.9 Å². The lowest BCUT2D eigenvalue weighted by Crippen LogP contribution is -2.28. The number of nitrogens with zero attached hydrogens (tertiary/aromatic N) is 2. The van der Waals surface area contributed by atoms with Crippen LogP contribution in [-0.4, -0.2) is 11.0 Å². The van der Waals surface area contributed by atoms with Crippen LogP contribution in [0.25, 0.3) is 0 Å². The number of rotatable bonds is 3. The van der Waals surface area contributed by atoms with E-state index >= 15 is 0 Å². The Hall–Kier alpha value is -2.56. The molecule has 0 bridgehead atoms. The highest BCUT2D eigenvalue weighted by Gasteiger charge is 2.25. The van der Waals surface area contributed by atoms with Gasteiger partial charge in [0, 0.05) is 24.3 Å². The summed E-state index contributed by atoms with van der Waals surface area (Å²) in [5.74, 6) is 0. The summed E-state index contributed by atoms with van der Waals surface area (Å²) >= 11 is 0. The first-order chi connectivity index (χ1) is 10.1. The molecular weight excluding hydrogens is 266 g/mol. The Bertz CT molecular complexity index is 700. The molecule has 2 aromatic rings. The van der Waals surface area contributed by atoms with Crippen molar-refractivity contribution in [3.05, 3.63) is 63.7 Å². The molecule has 0 fully saturated rings. The zero-order valence-electron chi connectivity index (χ0n) is 11.8. The Morgan fingerprint density at radius 1 is 1.33 bits per heavy atom. The molecule has 5 nitrogen and oxygen atoms in total. The van der Waals surface area contributed by atoms with Crippen LogP contribution in [0.2, 0.25) is 0 Å². The van der Waals surface area contributed by atoms with E-state index in [0.29, 0.717) is 12.6 Å². The monoisotopic (exact) mass is 283 g/mol. The third-order valence-electron chi connectivity index (χ3n) is 3.99. The van der Waals surface area contributed by atoms with E-state index < -0.39 is 4.92 Å². The molecule has 0 saturated heterocycles. The molecule has 0 aliphatic carbocycles. The van der Waals surface area contributed by atoms with Gasteiger partial charge in [0.05, 0.1) is 4.92 Å². The highest BCUT2D eigenvalue weighted by atomic mass is 16.6. The maximum Gasteiger partial charge on any atom is 0.292 e. The molecule has 5 heteroatoms. The summed E-state index contributed by atoms with van der Waals surface area (Å²) in [5, 5.41) is 11.0. The van der Waals surface area contributed by atoms with Crippen LogP contribution < -0.4 is 10.6 Å². The van der Waals surface area contributed by atoms with Gasteiger partial charge in [-0.1, -0.05) is 24.3 Å². The van der Waals surface area contributed by atoms with Gasteiger partial charge < -0.3 is 10.6 Å². The third kappa shape index (κ3) is 2.42. The molecule has 0 amide bonds. The zero-order chi connectivity index (χ0) is 15.0. The number of para-hydroxylation sites is 1. The number of anilines is 2. The van der Waals surface area contributed by atoms with Crippen LogP contribution in [0.3, 0.4) is 0 Å². The quantitative estimate of drug-likeness (QED) is 0.533.